The Hall–Kier alpha value is -5.67. The third kappa shape index (κ3) is 7.50. The highest BCUT2D eigenvalue weighted by molar-refractivity contribution is 8.00. The van der Waals surface area contributed by atoms with Crippen molar-refractivity contribution in [2.24, 2.45) is 5.16 Å². The van der Waals surface area contributed by atoms with E-state index in [1.165, 1.54) is 35.1 Å². The molecule has 0 bridgehead atoms. The molecule has 2 amide bonds. The largest absolute Gasteiger partial charge is 0.508 e. The number of amides is 2. The maximum absolute atomic E-state index is 13.7. The topological polar surface area (TPSA) is 158 Å². The number of rotatable bonds is 14. The lowest BCUT2D eigenvalue weighted by atomic mass is 9.77. The second-order valence-electron chi connectivity index (χ2n) is 11.3. The standard InChI is InChI=1S/C37H35N5O8S2/c1-3-48-36(46)50-21-20-49-34(45)28-19-22-51-33-30(32(44)42(28)33)39-31(43)29(41-47-2)27-23-52-35(38-27)40-37(24-13-7-4-8-14-24,25-15-9-5-10-16-25)26-17-11-6-12-18-26/h4-19,23,30,33H,3,20-22H2,1-2H3,(H,38,40)(H,39,43)/t30?,33-/m0/s1. The lowest BCUT2D eigenvalue weighted by Gasteiger charge is -2.48. The zero-order valence-electron chi connectivity index (χ0n) is 28.2. The van der Waals surface area contributed by atoms with Crippen LogP contribution in [0.5, 0.6) is 0 Å². The summed E-state index contributed by atoms with van der Waals surface area (Å²) in [4.78, 5) is 62.2. The van der Waals surface area contributed by atoms with Crippen LogP contribution in [0, 0.1) is 0 Å². The number of ether oxygens (including phenoxy) is 3. The van der Waals surface area contributed by atoms with Crippen molar-refractivity contribution in [2.75, 3.05) is 38.0 Å². The summed E-state index contributed by atoms with van der Waals surface area (Å²) in [5, 5.41) is 12.1. The predicted molar refractivity (Wildman–Crippen MR) is 196 cm³/mol. The molecule has 0 saturated carbocycles. The molecule has 1 saturated heterocycles. The Balaban J connectivity index is 1.18. The van der Waals surface area contributed by atoms with E-state index in [0.717, 1.165) is 16.7 Å². The van der Waals surface area contributed by atoms with E-state index in [-0.39, 0.29) is 36.9 Å². The number of hydrogen-bond acceptors (Lipinski definition) is 13. The van der Waals surface area contributed by atoms with Gasteiger partial charge in [-0.15, -0.1) is 23.1 Å². The lowest BCUT2D eigenvalue weighted by Crippen LogP contribution is -2.70. The van der Waals surface area contributed by atoms with Gasteiger partial charge < -0.3 is 29.7 Å². The molecule has 2 N–H and O–H groups in total. The van der Waals surface area contributed by atoms with E-state index in [1.807, 2.05) is 54.6 Å². The van der Waals surface area contributed by atoms with Gasteiger partial charge in [0.15, 0.2) is 10.8 Å². The van der Waals surface area contributed by atoms with Crippen LogP contribution in [0.15, 0.2) is 113 Å². The van der Waals surface area contributed by atoms with Crippen LogP contribution in [-0.2, 0) is 39.0 Å². The molecule has 3 aromatic carbocycles. The number of β-lactam (4-membered cyclic amide) rings is 1. The van der Waals surface area contributed by atoms with Crippen LogP contribution < -0.4 is 10.6 Å². The number of anilines is 1. The molecule has 0 radical (unpaired) electrons. The van der Waals surface area contributed by atoms with Crippen molar-refractivity contribution in [3.63, 3.8) is 0 Å². The van der Waals surface area contributed by atoms with Gasteiger partial charge in [0.1, 0.15) is 48.7 Å². The molecular weight excluding hydrogens is 707 g/mol. The third-order valence-corrected chi connectivity index (χ3v) is 10.1. The zero-order valence-corrected chi connectivity index (χ0v) is 29.9. The first-order valence-corrected chi connectivity index (χ1v) is 18.2. The molecule has 6 rings (SSSR count). The third-order valence-electron chi connectivity index (χ3n) is 8.20. The molecule has 0 spiro atoms. The molecule has 13 nitrogen and oxygen atoms in total. The van der Waals surface area contributed by atoms with E-state index in [1.54, 1.807) is 18.4 Å². The highest BCUT2D eigenvalue weighted by Crippen LogP contribution is 2.41. The summed E-state index contributed by atoms with van der Waals surface area (Å²) in [6.07, 6.45) is 0.706. The van der Waals surface area contributed by atoms with Crippen molar-refractivity contribution in [1.29, 1.82) is 0 Å². The van der Waals surface area contributed by atoms with Gasteiger partial charge in [-0.3, -0.25) is 14.5 Å². The number of hydrogen-bond donors (Lipinski definition) is 2. The quantitative estimate of drug-likeness (QED) is 0.0453. The normalized spacial score (nSPS) is 16.8. The number of carbonyl (C=O) groups excluding carboxylic acids is 4. The number of nitrogens with zero attached hydrogens (tertiary/aromatic N) is 3. The van der Waals surface area contributed by atoms with Crippen molar-refractivity contribution in [1.82, 2.24) is 15.2 Å². The van der Waals surface area contributed by atoms with Crippen LogP contribution in [0.25, 0.3) is 0 Å². The molecular formula is C37H35N5O8S2. The van der Waals surface area contributed by atoms with E-state index in [4.69, 9.17) is 19.3 Å². The first kappa shape index (κ1) is 36.1. The van der Waals surface area contributed by atoms with Crippen LogP contribution in [0.4, 0.5) is 9.93 Å². The molecule has 52 heavy (non-hydrogen) atoms. The summed E-state index contributed by atoms with van der Waals surface area (Å²) in [5.41, 5.74) is 2.26. The monoisotopic (exact) mass is 741 g/mol. The first-order valence-electron chi connectivity index (χ1n) is 16.3. The number of carbonyl (C=O) groups is 4. The fraction of sp³-hybridized carbons (Fsp3) is 0.243. The number of esters is 1. The van der Waals surface area contributed by atoms with Gasteiger partial charge in [-0.2, -0.15) is 0 Å². The summed E-state index contributed by atoms with van der Waals surface area (Å²) in [7, 11) is 1.32. The average Bonchev–Trinajstić information content (AvgIpc) is 3.65. The van der Waals surface area contributed by atoms with Crippen molar-refractivity contribution in [3.8, 4) is 0 Å². The minimum Gasteiger partial charge on any atom is -0.457 e. The van der Waals surface area contributed by atoms with Crippen molar-refractivity contribution in [3.05, 3.63) is 131 Å². The number of oxime groups is 1. The molecule has 0 aliphatic carbocycles. The van der Waals surface area contributed by atoms with Gasteiger partial charge in [0.2, 0.25) is 0 Å². The van der Waals surface area contributed by atoms with Gasteiger partial charge in [0.25, 0.3) is 11.8 Å². The molecule has 268 valence electrons. The van der Waals surface area contributed by atoms with E-state index in [9.17, 15) is 19.2 Å². The van der Waals surface area contributed by atoms with Crippen molar-refractivity contribution < 1.29 is 38.2 Å². The Morgan fingerprint density at radius 3 is 2.08 bits per heavy atom. The molecule has 4 aromatic rings. The average molecular weight is 742 g/mol. The molecule has 15 heteroatoms. The number of fused-ring (bicyclic) bond motifs is 1. The summed E-state index contributed by atoms with van der Waals surface area (Å²) >= 11 is 2.67. The summed E-state index contributed by atoms with van der Waals surface area (Å²) in [6, 6.07) is 29.2. The lowest BCUT2D eigenvalue weighted by molar-refractivity contribution is -0.152. The molecule has 2 aliphatic rings. The smallest absolute Gasteiger partial charge is 0.457 e. The van der Waals surface area contributed by atoms with Crippen LogP contribution >= 0.6 is 23.1 Å². The van der Waals surface area contributed by atoms with Gasteiger partial charge in [-0.05, 0) is 29.7 Å². The van der Waals surface area contributed by atoms with Crippen LogP contribution in [0.1, 0.15) is 29.3 Å². The minimum absolute atomic E-state index is 0.0510. The number of thiazole rings is 1. The molecule has 1 aromatic heterocycles. The Labute approximate surface area is 308 Å². The van der Waals surface area contributed by atoms with E-state index in [2.05, 4.69) is 56.9 Å². The predicted octanol–water partition coefficient (Wildman–Crippen LogP) is 4.90. The molecule has 2 atom stereocenters. The fourth-order valence-corrected chi connectivity index (χ4v) is 7.85. The van der Waals surface area contributed by atoms with Gasteiger partial charge in [0, 0.05) is 11.1 Å². The highest BCUT2D eigenvalue weighted by Gasteiger charge is 2.53. The minimum atomic E-state index is -0.943. The molecule has 1 unspecified atom stereocenters. The van der Waals surface area contributed by atoms with Gasteiger partial charge in [-0.25, -0.2) is 14.6 Å². The maximum atomic E-state index is 13.7. The van der Waals surface area contributed by atoms with E-state index >= 15 is 0 Å². The van der Waals surface area contributed by atoms with Gasteiger partial charge in [0.05, 0.1) is 6.61 Å². The first-order chi connectivity index (χ1) is 25.4. The fourth-order valence-electron chi connectivity index (χ4n) is 5.91. The molecule has 1 fully saturated rings. The summed E-state index contributed by atoms with van der Waals surface area (Å²) in [5.74, 6) is -1.52. The Kier molecular flexibility index (Phi) is 11.5. The molecule has 3 heterocycles. The number of benzene rings is 3. The molecule has 2 aliphatic heterocycles. The van der Waals surface area contributed by atoms with Crippen LogP contribution in [0.3, 0.4) is 0 Å². The SMILES string of the molecule is CCOC(=O)OCCOC(=O)C1=CCS[C@H]2C(NC(=O)C(=NOC)c3csc(NC(c4ccccc4)(c4ccccc4)c4ccccc4)n3)C(=O)N12. The van der Waals surface area contributed by atoms with E-state index < -0.39 is 40.9 Å². The Bertz CT molecular complexity index is 1860. The Morgan fingerprint density at radius 2 is 1.50 bits per heavy atom. The zero-order chi connectivity index (χ0) is 36.5. The Morgan fingerprint density at radius 1 is 0.904 bits per heavy atom. The van der Waals surface area contributed by atoms with Crippen molar-refractivity contribution >= 4 is 57.9 Å². The number of nitrogens with one attached hydrogen (secondary N) is 2. The van der Waals surface area contributed by atoms with Crippen LogP contribution in [0.2, 0.25) is 0 Å². The summed E-state index contributed by atoms with van der Waals surface area (Å²) < 4.78 is 14.7. The summed E-state index contributed by atoms with van der Waals surface area (Å²) in [6.45, 7) is 1.36. The van der Waals surface area contributed by atoms with Crippen molar-refractivity contribution in [2.45, 2.75) is 23.9 Å². The maximum Gasteiger partial charge on any atom is 0.508 e. The number of aromatic nitrogens is 1. The number of thioether (sulfide) groups is 1. The van der Waals surface area contributed by atoms with Crippen LogP contribution in [-0.4, -0.2) is 83.6 Å². The van der Waals surface area contributed by atoms with Gasteiger partial charge >= 0.3 is 12.1 Å². The highest BCUT2D eigenvalue weighted by atomic mass is 32.2. The van der Waals surface area contributed by atoms with Gasteiger partial charge in [-0.1, -0.05) is 96.2 Å². The second-order valence-corrected chi connectivity index (χ2v) is 13.3. The second kappa shape index (κ2) is 16.6. The van der Waals surface area contributed by atoms with E-state index in [0.29, 0.717) is 10.9 Å².